The fourth-order valence-electron chi connectivity index (χ4n) is 6.21. The second-order valence-corrected chi connectivity index (χ2v) is 18.6. The summed E-state index contributed by atoms with van der Waals surface area (Å²) in [6.07, 6.45) is 12.5. The van der Waals surface area contributed by atoms with Gasteiger partial charge in [-0.3, -0.25) is 33.6 Å². The molecule has 0 aromatic carbocycles. The summed E-state index contributed by atoms with van der Waals surface area (Å²) in [5.74, 6) is -0.214. The van der Waals surface area contributed by atoms with Crippen LogP contribution in [0.2, 0.25) is 0 Å². The number of carbonyl (C=O) groups is 7. The summed E-state index contributed by atoms with van der Waals surface area (Å²) < 4.78 is 80.1. The number of ether oxygens (including phenoxy) is 15. The Kier molecular flexibility index (Phi) is 61.3. The second-order valence-electron chi connectivity index (χ2n) is 18.6. The standard InChI is InChI=1S/C21H35N3O8.C20H33N3O9.C12H20O4.C7H16O3/c1-4-9-28-10-11-29-12-13-30-21(27)8-7-17-14-24(23-22-17)15-18(32-20(26)6-3)16-31-19(25)5-2;1-3-18(25)31-15-17(32-19(26)4-2)14-23-13-16(21-22-23)5-6-20(27)30-12-11-29-10-9-28-8-7-24;1-3-5-6-12(13)16-11-10-15-9-8-14-7-4-2;1-2-4-9-6-7-10-5-3-8/h14,18H,4-13,15-16H2,1-3H3;13,17,24H,3-12,14-15H2,1-2H3;1H,4-11H2,2H3;8H,2-7H2,1H3. The number of nitrogens with zero attached hydrogens (tertiary/aromatic N) is 6. The molecule has 0 spiro atoms. The lowest BCUT2D eigenvalue weighted by Gasteiger charge is -2.17. The second kappa shape index (κ2) is 64.3. The van der Waals surface area contributed by atoms with Gasteiger partial charge in [-0.2, -0.15) is 0 Å². The number of terminal acetylenes is 1. The average molecular weight is 1290 g/mol. The fourth-order valence-corrected chi connectivity index (χ4v) is 6.21. The molecule has 0 amide bonds. The molecular weight excluding hydrogens is 1190 g/mol. The first-order valence-electron chi connectivity index (χ1n) is 30.9. The Hall–Kier alpha value is -6.27. The van der Waals surface area contributed by atoms with Crippen LogP contribution in [0.3, 0.4) is 0 Å². The molecular formula is C60H104N6O24. The minimum Gasteiger partial charge on any atom is -0.463 e. The van der Waals surface area contributed by atoms with Crippen LogP contribution in [-0.2, 0) is 131 Å². The van der Waals surface area contributed by atoms with Crippen LogP contribution in [0.25, 0.3) is 0 Å². The van der Waals surface area contributed by atoms with Crippen molar-refractivity contribution in [2.75, 3.05) is 152 Å². The Morgan fingerprint density at radius 3 is 1.01 bits per heavy atom. The Bertz CT molecular complexity index is 2000. The molecule has 0 aliphatic heterocycles. The number of carbonyl (C=O) groups excluding carboxylic acids is 7. The van der Waals surface area contributed by atoms with Gasteiger partial charge in [0.15, 0.2) is 12.2 Å². The van der Waals surface area contributed by atoms with Gasteiger partial charge in [0.25, 0.3) is 0 Å². The lowest BCUT2D eigenvalue weighted by molar-refractivity contribution is -0.159. The lowest BCUT2D eigenvalue weighted by Crippen LogP contribution is -2.29. The molecule has 2 aromatic rings. The van der Waals surface area contributed by atoms with Crippen LogP contribution in [0.5, 0.6) is 0 Å². The molecule has 0 radical (unpaired) electrons. The van der Waals surface area contributed by atoms with Gasteiger partial charge >= 0.3 is 41.8 Å². The molecule has 2 atom stereocenters. The van der Waals surface area contributed by atoms with E-state index in [4.69, 9.17) is 87.7 Å². The smallest absolute Gasteiger partial charge is 0.306 e. The van der Waals surface area contributed by atoms with E-state index in [1.54, 1.807) is 40.1 Å². The van der Waals surface area contributed by atoms with Crippen LogP contribution in [-0.4, -0.2) is 246 Å². The van der Waals surface area contributed by atoms with E-state index in [0.29, 0.717) is 110 Å². The molecule has 2 rings (SSSR count). The maximum absolute atomic E-state index is 11.8. The lowest BCUT2D eigenvalue weighted by atomic mass is 10.2. The SMILES string of the molecule is C#CCCC(=O)OCCOCCOCCC.CCC(=O)OCC(Cn1cc(CCC(=O)OCCOCCOCCO)nn1)OC(=O)CC.CCCOCCOCCO.CCCOCCOCCOC(=O)CCc1cn(CC(COC(=O)CC)OC(=O)CC)nn1. The average Bonchev–Trinajstić information content (AvgIpc) is 3.11. The van der Waals surface area contributed by atoms with E-state index in [9.17, 15) is 33.6 Å². The summed E-state index contributed by atoms with van der Waals surface area (Å²) >= 11 is 0. The van der Waals surface area contributed by atoms with Gasteiger partial charge in [-0.25, -0.2) is 9.36 Å². The molecule has 0 saturated carbocycles. The Morgan fingerprint density at radius 2 is 0.711 bits per heavy atom. The predicted octanol–water partition coefficient (Wildman–Crippen LogP) is 3.33. The molecule has 2 aromatic heterocycles. The highest BCUT2D eigenvalue weighted by atomic mass is 16.6. The van der Waals surface area contributed by atoms with E-state index in [0.717, 1.165) is 32.5 Å². The highest BCUT2D eigenvalue weighted by molar-refractivity contribution is 5.71. The maximum atomic E-state index is 11.8. The molecule has 30 heteroatoms. The topological polar surface area (TPSA) is 360 Å². The maximum Gasteiger partial charge on any atom is 0.306 e. The molecule has 30 nitrogen and oxygen atoms in total. The summed E-state index contributed by atoms with van der Waals surface area (Å²) in [7, 11) is 0. The minimum atomic E-state index is -0.688. The van der Waals surface area contributed by atoms with Crippen LogP contribution < -0.4 is 0 Å². The molecule has 0 bridgehead atoms. The number of rotatable bonds is 53. The summed E-state index contributed by atoms with van der Waals surface area (Å²) in [6.45, 7) is 21.7. The number of aromatic nitrogens is 6. The number of hydrogen-bond donors (Lipinski definition) is 2. The molecule has 2 heterocycles. The highest BCUT2D eigenvalue weighted by Gasteiger charge is 2.20. The van der Waals surface area contributed by atoms with Gasteiger partial charge in [-0.15, -0.1) is 22.5 Å². The van der Waals surface area contributed by atoms with E-state index in [-0.39, 0.29) is 147 Å². The van der Waals surface area contributed by atoms with Crippen LogP contribution in [0, 0.1) is 12.3 Å². The van der Waals surface area contributed by atoms with Gasteiger partial charge < -0.3 is 81.3 Å². The van der Waals surface area contributed by atoms with Gasteiger partial charge in [-0.1, -0.05) is 58.9 Å². The van der Waals surface area contributed by atoms with Crippen LogP contribution in [0.15, 0.2) is 12.4 Å². The third kappa shape index (κ3) is 56.9. The van der Waals surface area contributed by atoms with Crippen molar-refractivity contribution >= 4 is 41.8 Å². The Labute approximate surface area is 530 Å². The van der Waals surface area contributed by atoms with E-state index in [1.807, 2.05) is 6.92 Å². The molecule has 2 N–H and O–H groups in total. The first kappa shape index (κ1) is 85.8. The number of esters is 7. The molecule has 2 unspecified atom stereocenters. The first-order valence-corrected chi connectivity index (χ1v) is 30.9. The molecule has 0 fully saturated rings. The number of aryl methyl sites for hydroxylation is 2. The van der Waals surface area contributed by atoms with Crippen LogP contribution in [0.4, 0.5) is 0 Å². The van der Waals surface area contributed by atoms with Crippen molar-refractivity contribution in [1.82, 2.24) is 30.0 Å². The summed E-state index contributed by atoms with van der Waals surface area (Å²) in [5.41, 5.74) is 1.17. The van der Waals surface area contributed by atoms with Crippen molar-refractivity contribution < 1.29 is 115 Å². The van der Waals surface area contributed by atoms with Crippen molar-refractivity contribution in [1.29, 1.82) is 0 Å². The zero-order valence-corrected chi connectivity index (χ0v) is 54.3. The van der Waals surface area contributed by atoms with Crippen LogP contribution >= 0.6 is 0 Å². The van der Waals surface area contributed by atoms with Crippen molar-refractivity contribution in [3.63, 3.8) is 0 Å². The monoisotopic (exact) mass is 1290 g/mol. The minimum absolute atomic E-state index is 0.0351. The van der Waals surface area contributed by atoms with Gasteiger partial charge in [0.05, 0.1) is 143 Å². The molecule has 0 saturated heterocycles. The summed E-state index contributed by atoms with van der Waals surface area (Å²) in [6, 6.07) is 0. The van der Waals surface area contributed by atoms with E-state index < -0.39 is 24.1 Å². The highest BCUT2D eigenvalue weighted by Crippen LogP contribution is 2.08. The summed E-state index contributed by atoms with van der Waals surface area (Å²) in [5, 5.41) is 32.8. The Morgan fingerprint density at radius 1 is 0.411 bits per heavy atom. The fraction of sp³-hybridized carbons (Fsp3) is 0.783. The van der Waals surface area contributed by atoms with Gasteiger partial charge in [0.2, 0.25) is 0 Å². The predicted molar refractivity (Wildman–Crippen MR) is 322 cm³/mol. The van der Waals surface area contributed by atoms with E-state index in [2.05, 4.69) is 40.4 Å². The molecule has 90 heavy (non-hydrogen) atoms. The van der Waals surface area contributed by atoms with Crippen molar-refractivity contribution in [2.45, 2.75) is 157 Å². The molecule has 518 valence electrons. The van der Waals surface area contributed by atoms with Crippen LogP contribution in [0.1, 0.15) is 130 Å². The van der Waals surface area contributed by atoms with Gasteiger partial charge in [-0.05, 0) is 19.3 Å². The number of hydrogen-bond acceptors (Lipinski definition) is 28. The van der Waals surface area contributed by atoms with Crippen molar-refractivity contribution in [3.8, 4) is 12.3 Å². The largest absolute Gasteiger partial charge is 0.463 e. The first-order chi connectivity index (χ1) is 43.7. The van der Waals surface area contributed by atoms with Gasteiger partial charge in [0.1, 0.15) is 33.0 Å². The number of aliphatic hydroxyl groups is 2. The zero-order chi connectivity index (χ0) is 66.9. The summed E-state index contributed by atoms with van der Waals surface area (Å²) in [4.78, 5) is 80.6. The molecule has 0 aliphatic rings. The number of aliphatic hydroxyl groups excluding tert-OH is 2. The quantitative estimate of drug-likeness (QED) is 0.0415. The van der Waals surface area contributed by atoms with Gasteiger partial charge in [0, 0.05) is 77.2 Å². The van der Waals surface area contributed by atoms with E-state index in [1.165, 1.54) is 9.36 Å². The van der Waals surface area contributed by atoms with Crippen molar-refractivity contribution in [3.05, 3.63) is 23.8 Å². The van der Waals surface area contributed by atoms with E-state index >= 15 is 0 Å². The normalized spacial score (nSPS) is 11.2. The molecule has 0 aliphatic carbocycles. The third-order valence-corrected chi connectivity index (χ3v) is 10.7. The Balaban J connectivity index is 0. The zero-order valence-electron chi connectivity index (χ0n) is 54.3. The third-order valence-electron chi connectivity index (χ3n) is 10.7. The van der Waals surface area contributed by atoms with Crippen molar-refractivity contribution in [2.24, 2.45) is 0 Å².